The summed E-state index contributed by atoms with van der Waals surface area (Å²) in [7, 11) is 0. The number of halogens is 3. The summed E-state index contributed by atoms with van der Waals surface area (Å²) in [6.07, 6.45) is -1.06. The maximum Gasteiger partial charge on any atom is 0.411 e. The molecule has 0 radical (unpaired) electrons. The Morgan fingerprint density at radius 1 is 1.50 bits per heavy atom. The van der Waals surface area contributed by atoms with E-state index in [2.05, 4.69) is 20.2 Å². The fraction of sp³-hybridized carbons (Fsp3) is 0.818. The number of ether oxygens (including phenoxy) is 1. The van der Waals surface area contributed by atoms with Crippen molar-refractivity contribution in [1.82, 2.24) is 20.2 Å². The van der Waals surface area contributed by atoms with Crippen LogP contribution < -0.4 is 11.3 Å². The number of nitrogens with two attached hydrogens (primary N) is 1. The number of alkyl halides is 3. The molecule has 6 nitrogen and oxygen atoms in total. The second-order valence-electron chi connectivity index (χ2n) is 4.42. The second-order valence-corrected chi connectivity index (χ2v) is 4.42. The molecule has 0 spiro atoms. The third-order valence-corrected chi connectivity index (χ3v) is 2.67. The standard InChI is InChI=1S/C11H20F3N5O/c1-2-4-19-10(16-8-17-19)6-9(18-15)3-5-20-7-11(12,13)14/h8-9,18H,2-7,15H2,1H3. The van der Waals surface area contributed by atoms with Crippen molar-refractivity contribution in [3.63, 3.8) is 0 Å². The number of nitrogens with one attached hydrogen (secondary N) is 1. The van der Waals surface area contributed by atoms with Gasteiger partial charge in [-0.2, -0.15) is 18.3 Å². The topological polar surface area (TPSA) is 78.0 Å². The van der Waals surface area contributed by atoms with E-state index in [1.807, 2.05) is 6.92 Å². The summed E-state index contributed by atoms with van der Waals surface area (Å²) >= 11 is 0. The predicted octanol–water partition coefficient (Wildman–Crippen LogP) is 1.03. The van der Waals surface area contributed by atoms with Crippen LogP contribution in [0.2, 0.25) is 0 Å². The predicted molar refractivity (Wildman–Crippen MR) is 66.6 cm³/mol. The normalized spacial score (nSPS) is 13.7. The van der Waals surface area contributed by atoms with E-state index >= 15 is 0 Å². The Kier molecular flexibility index (Phi) is 6.89. The van der Waals surface area contributed by atoms with Gasteiger partial charge >= 0.3 is 6.18 Å². The highest BCUT2D eigenvalue weighted by Gasteiger charge is 2.27. The van der Waals surface area contributed by atoms with Crippen LogP contribution in [0.25, 0.3) is 0 Å². The minimum absolute atomic E-state index is 0.0176. The third-order valence-electron chi connectivity index (χ3n) is 2.67. The maximum atomic E-state index is 11.9. The number of aryl methyl sites for hydroxylation is 1. The van der Waals surface area contributed by atoms with Crippen LogP contribution in [0, 0.1) is 0 Å². The molecule has 9 heteroatoms. The molecule has 1 aromatic heterocycles. The number of hydrogen-bond donors (Lipinski definition) is 2. The first-order chi connectivity index (χ1) is 9.46. The highest BCUT2D eigenvalue weighted by molar-refractivity contribution is 4.89. The molecule has 1 atom stereocenters. The van der Waals surface area contributed by atoms with Gasteiger partial charge < -0.3 is 4.74 Å². The van der Waals surface area contributed by atoms with Crippen LogP contribution in [0.15, 0.2) is 6.33 Å². The lowest BCUT2D eigenvalue weighted by Crippen LogP contribution is -2.38. The molecule has 0 aromatic carbocycles. The van der Waals surface area contributed by atoms with Crippen molar-refractivity contribution < 1.29 is 17.9 Å². The van der Waals surface area contributed by atoms with Gasteiger partial charge in [0.15, 0.2) is 0 Å². The molecule has 20 heavy (non-hydrogen) atoms. The van der Waals surface area contributed by atoms with Gasteiger partial charge in [-0.15, -0.1) is 0 Å². The molecule has 1 aromatic rings. The average Bonchev–Trinajstić information content (AvgIpc) is 2.80. The van der Waals surface area contributed by atoms with Crippen LogP contribution in [0.5, 0.6) is 0 Å². The molecule has 1 heterocycles. The largest absolute Gasteiger partial charge is 0.411 e. The summed E-state index contributed by atoms with van der Waals surface area (Å²) in [5.41, 5.74) is 2.56. The Bertz CT molecular complexity index is 382. The molecule has 0 aliphatic heterocycles. The lowest BCUT2D eigenvalue weighted by Gasteiger charge is -2.16. The first-order valence-corrected chi connectivity index (χ1v) is 6.43. The van der Waals surface area contributed by atoms with Crippen molar-refractivity contribution >= 4 is 0 Å². The van der Waals surface area contributed by atoms with Gasteiger partial charge in [-0.05, 0) is 12.8 Å². The summed E-state index contributed by atoms with van der Waals surface area (Å²) in [5.74, 6) is 6.15. The Balaban J connectivity index is 2.37. The first kappa shape index (κ1) is 16.9. The van der Waals surface area contributed by atoms with Gasteiger partial charge in [0.25, 0.3) is 0 Å². The molecule has 0 saturated heterocycles. The van der Waals surface area contributed by atoms with E-state index in [1.54, 1.807) is 4.68 Å². The molecule has 0 saturated carbocycles. The molecule has 1 unspecified atom stereocenters. The van der Waals surface area contributed by atoms with Gasteiger partial charge in [-0.1, -0.05) is 6.92 Å². The van der Waals surface area contributed by atoms with Crippen molar-refractivity contribution in [2.75, 3.05) is 13.2 Å². The number of aromatic nitrogens is 3. The van der Waals surface area contributed by atoms with Crippen LogP contribution in [0.3, 0.4) is 0 Å². The lowest BCUT2D eigenvalue weighted by molar-refractivity contribution is -0.174. The van der Waals surface area contributed by atoms with E-state index in [-0.39, 0.29) is 12.6 Å². The van der Waals surface area contributed by atoms with Crippen molar-refractivity contribution in [2.45, 2.75) is 44.9 Å². The molecule has 0 aliphatic carbocycles. The molecular weight excluding hydrogens is 275 g/mol. The van der Waals surface area contributed by atoms with E-state index in [0.717, 1.165) is 18.8 Å². The molecule has 0 fully saturated rings. The number of nitrogens with zero attached hydrogens (tertiary/aromatic N) is 3. The van der Waals surface area contributed by atoms with Gasteiger partial charge in [-0.25, -0.2) is 4.98 Å². The SMILES string of the molecule is CCCn1ncnc1CC(CCOCC(F)(F)F)NN. The second kappa shape index (κ2) is 8.18. The molecule has 3 N–H and O–H groups in total. The van der Waals surface area contributed by atoms with Gasteiger partial charge in [-0.3, -0.25) is 16.0 Å². The van der Waals surface area contributed by atoms with Crippen LogP contribution in [0.4, 0.5) is 13.2 Å². The smallest absolute Gasteiger partial charge is 0.372 e. The van der Waals surface area contributed by atoms with Gasteiger partial charge in [0, 0.05) is 25.6 Å². The zero-order valence-corrected chi connectivity index (χ0v) is 11.4. The van der Waals surface area contributed by atoms with Gasteiger partial charge in [0.2, 0.25) is 0 Å². The minimum atomic E-state index is -4.30. The molecule has 0 aliphatic rings. The first-order valence-electron chi connectivity index (χ1n) is 6.43. The van der Waals surface area contributed by atoms with Crippen molar-refractivity contribution in [2.24, 2.45) is 5.84 Å². The molecule has 1 rings (SSSR count). The summed E-state index contributed by atoms with van der Waals surface area (Å²) in [6.45, 7) is 1.51. The Hall–Kier alpha value is -1.19. The maximum absolute atomic E-state index is 11.9. The fourth-order valence-electron chi connectivity index (χ4n) is 1.72. The molecule has 116 valence electrons. The van der Waals surface area contributed by atoms with E-state index in [0.29, 0.717) is 12.8 Å². The number of hydrogen-bond acceptors (Lipinski definition) is 5. The molecular formula is C11H20F3N5O. The minimum Gasteiger partial charge on any atom is -0.372 e. The van der Waals surface area contributed by atoms with Crippen LogP contribution in [-0.2, 0) is 17.7 Å². The van der Waals surface area contributed by atoms with Crippen molar-refractivity contribution in [3.05, 3.63) is 12.2 Å². The number of hydrazine groups is 1. The van der Waals surface area contributed by atoms with E-state index in [9.17, 15) is 13.2 Å². The Labute approximate surface area is 115 Å². The van der Waals surface area contributed by atoms with E-state index in [4.69, 9.17) is 5.84 Å². The highest BCUT2D eigenvalue weighted by atomic mass is 19.4. The Morgan fingerprint density at radius 2 is 2.25 bits per heavy atom. The highest BCUT2D eigenvalue weighted by Crippen LogP contribution is 2.14. The number of rotatable bonds is 9. The lowest BCUT2D eigenvalue weighted by atomic mass is 10.1. The molecule has 0 bridgehead atoms. The van der Waals surface area contributed by atoms with E-state index < -0.39 is 12.8 Å². The summed E-state index contributed by atoms with van der Waals surface area (Å²) in [4.78, 5) is 4.13. The van der Waals surface area contributed by atoms with Crippen molar-refractivity contribution in [3.8, 4) is 0 Å². The summed E-state index contributed by atoms with van der Waals surface area (Å²) in [5, 5.41) is 4.08. The zero-order valence-electron chi connectivity index (χ0n) is 11.4. The van der Waals surface area contributed by atoms with E-state index in [1.165, 1.54) is 6.33 Å². The van der Waals surface area contributed by atoms with Crippen LogP contribution in [0.1, 0.15) is 25.6 Å². The monoisotopic (exact) mass is 295 g/mol. The average molecular weight is 295 g/mol. The quantitative estimate of drug-likeness (QED) is 0.404. The van der Waals surface area contributed by atoms with Gasteiger partial charge in [0.1, 0.15) is 18.8 Å². The summed E-state index contributed by atoms with van der Waals surface area (Å²) < 4.78 is 42.1. The Morgan fingerprint density at radius 3 is 2.85 bits per heavy atom. The molecule has 0 amide bonds. The zero-order chi connectivity index (χ0) is 15.0. The van der Waals surface area contributed by atoms with Crippen LogP contribution in [-0.4, -0.2) is 40.2 Å². The van der Waals surface area contributed by atoms with Crippen LogP contribution >= 0.6 is 0 Å². The fourth-order valence-corrected chi connectivity index (χ4v) is 1.72. The van der Waals surface area contributed by atoms with Crippen molar-refractivity contribution in [1.29, 1.82) is 0 Å². The van der Waals surface area contributed by atoms with Gasteiger partial charge in [0.05, 0.1) is 0 Å². The third kappa shape index (κ3) is 6.31. The summed E-state index contributed by atoms with van der Waals surface area (Å²) in [6, 6.07) is -0.206.